The lowest BCUT2D eigenvalue weighted by atomic mass is 9.97. The highest BCUT2D eigenvalue weighted by atomic mass is 16.6. The number of hydrogen-bond acceptors (Lipinski definition) is 18. The Hall–Kier alpha value is -3.81. The van der Waals surface area contributed by atoms with E-state index in [1.54, 1.807) is 26.4 Å². The molecule has 0 aliphatic heterocycles. The molecule has 2 aromatic carbocycles. The fourth-order valence-corrected chi connectivity index (χ4v) is 5.43. The molecule has 0 fully saturated rings. The van der Waals surface area contributed by atoms with Crippen molar-refractivity contribution in [3.8, 4) is 34.8 Å². The van der Waals surface area contributed by atoms with E-state index in [1.807, 2.05) is 65.8 Å². The van der Waals surface area contributed by atoms with Crippen LogP contribution in [0.25, 0.3) is 0 Å². The molecule has 0 aliphatic rings. The molecule has 0 saturated carbocycles. The lowest BCUT2D eigenvalue weighted by molar-refractivity contribution is -0.142. The maximum atomic E-state index is 11.5. The average molecular weight is 1040 g/mol. The molecule has 0 atom stereocenters. The van der Waals surface area contributed by atoms with Crippen LogP contribution >= 0.6 is 0 Å². The van der Waals surface area contributed by atoms with Crippen LogP contribution in [0, 0.1) is 17.3 Å². The first-order valence-corrected chi connectivity index (χ1v) is 25.3. The molecule has 0 radical (unpaired) electrons. The summed E-state index contributed by atoms with van der Waals surface area (Å²) in [5, 5.41) is 0. The summed E-state index contributed by atoms with van der Waals surface area (Å²) in [6.45, 7) is 30.4. The summed E-state index contributed by atoms with van der Waals surface area (Å²) >= 11 is 0. The molecule has 0 aliphatic carbocycles. The molecule has 0 N–H and O–H groups in total. The molecular weight excluding hydrogens is 949 g/mol. The van der Waals surface area contributed by atoms with Crippen molar-refractivity contribution >= 4 is 5.97 Å². The van der Waals surface area contributed by atoms with Crippen molar-refractivity contribution in [1.82, 2.24) is 0 Å². The molecule has 0 aromatic heterocycles. The van der Waals surface area contributed by atoms with Gasteiger partial charge in [-0.3, -0.25) is 4.79 Å². The number of methoxy groups -OCH3 is 2. The Morgan fingerprint density at radius 2 is 0.781 bits per heavy atom. The topological polar surface area (TPSA) is 174 Å². The minimum atomic E-state index is -0.402. The normalized spacial score (nSPS) is 11.6. The first-order chi connectivity index (χ1) is 34.9. The first-order valence-electron chi connectivity index (χ1n) is 25.3. The standard InChI is InChI=1S/C33H58O14.C22H34O4/c1-28(34)46-27-29-25-30(43-21-17-39-13-11-37-9-7-35-5)32(31(26-29)44-22-18-40-14-12-38-10-8-36-6)45-23-19-41-15-16-42-20-24-47-33(2,3)4;1-21(2,3)12-11-19-9-7-8-10-20(19)25-17-15-23-13-14-24-16-18-26-22(4,5)6/h25-26H,7-24,27H2,1-6H3;7-10H,13-18H2,1-6H3. The zero-order valence-electron chi connectivity index (χ0n) is 46.5. The van der Waals surface area contributed by atoms with Crippen molar-refractivity contribution in [2.75, 3.05) is 173 Å². The van der Waals surface area contributed by atoms with Gasteiger partial charge in [0, 0.05) is 26.6 Å². The van der Waals surface area contributed by atoms with Crippen molar-refractivity contribution in [2.24, 2.45) is 5.41 Å². The van der Waals surface area contributed by atoms with Gasteiger partial charge in [-0.2, -0.15) is 0 Å². The van der Waals surface area contributed by atoms with E-state index < -0.39 is 5.97 Å². The van der Waals surface area contributed by atoms with Gasteiger partial charge in [0.2, 0.25) is 5.75 Å². The van der Waals surface area contributed by atoms with Crippen molar-refractivity contribution in [1.29, 1.82) is 0 Å². The van der Waals surface area contributed by atoms with Gasteiger partial charge in [-0.25, -0.2) is 0 Å². The van der Waals surface area contributed by atoms with E-state index in [9.17, 15) is 4.79 Å². The van der Waals surface area contributed by atoms with Gasteiger partial charge in [-0.1, -0.05) is 24.0 Å². The zero-order chi connectivity index (χ0) is 53.9. The number of hydrogen-bond donors (Lipinski definition) is 0. The molecule has 0 spiro atoms. The summed E-state index contributed by atoms with van der Waals surface area (Å²) in [4.78, 5) is 11.5. The highest BCUT2D eigenvalue weighted by Gasteiger charge is 2.18. The van der Waals surface area contributed by atoms with Crippen LogP contribution in [0.4, 0.5) is 0 Å². The highest BCUT2D eigenvalue weighted by molar-refractivity contribution is 5.66. The molecule has 0 bridgehead atoms. The predicted octanol–water partition coefficient (Wildman–Crippen LogP) is 7.40. The number of para-hydroxylation sites is 1. The predicted molar refractivity (Wildman–Crippen MR) is 278 cm³/mol. The molecule has 18 heteroatoms. The molecule has 73 heavy (non-hydrogen) atoms. The van der Waals surface area contributed by atoms with Crippen molar-refractivity contribution in [2.45, 2.75) is 87.0 Å². The highest BCUT2D eigenvalue weighted by Crippen LogP contribution is 2.39. The van der Waals surface area contributed by atoms with Gasteiger partial charge in [0.15, 0.2) is 11.5 Å². The molecule has 0 saturated heterocycles. The minimum absolute atomic E-state index is 0.0336. The monoisotopic (exact) mass is 1040 g/mol. The van der Waals surface area contributed by atoms with E-state index >= 15 is 0 Å². The van der Waals surface area contributed by atoms with Crippen LogP contribution in [0.2, 0.25) is 0 Å². The second-order valence-electron chi connectivity index (χ2n) is 18.9. The van der Waals surface area contributed by atoms with Crippen LogP contribution in [0.1, 0.15) is 80.4 Å². The van der Waals surface area contributed by atoms with E-state index in [0.29, 0.717) is 162 Å². The Morgan fingerprint density at radius 3 is 1.15 bits per heavy atom. The third-order valence-corrected chi connectivity index (χ3v) is 8.79. The molecule has 2 aromatic rings. The largest absolute Gasteiger partial charge is 0.490 e. The minimum Gasteiger partial charge on any atom is -0.490 e. The maximum absolute atomic E-state index is 11.5. The summed E-state index contributed by atoms with van der Waals surface area (Å²) in [7, 11) is 3.25. The Morgan fingerprint density at radius 1 is 0.438 bits per heavy atom. The zero-order valence-corrected chi connectivity index (χ0v) is 46.5. The van der Waals surface area contributed by atoms with Crippen molar-refractivity contribution < 1.29 is 85.3 Å². The van der Waals surface area contributed by atoms with Gasteiger partial charge < -0.3 is 80.5 Å². The van der Waals surface area contributed by atoms with Gasteiger partial charge >= 0.3 is 5.97 Å². The Kier molecular flexibility index (Phi) is 39.1. The van der Waals surface area contributed by atoms with Gasteiger partial charge in [-0.15, -0.1) is 0 Å². The van der Waals surface area contributed by atoms with Gasteiger partial charge in [0.25, 0.3) is 0 Å². The van der Waals surface area contributed by atoms with Gasteiger partial charge in [-0.05, 0) is 92.1 Å². The summed E-state index contributed by atoms with van der Waals surface area (Å²) in [5.74, 6) is 8.05. The van der Waals surface area contributed by atoms with E-state index in [4.69, 9.17) is 80.5 Å². The van der Waals surface area contributed by atoms with Crippen molar-refractivity contribution in [3.63, 3.8) is 0 Å². The molecule has 0 amide bonds. The fourth-order valence-electron chi connectivity index (χ4n) is 5.43. The van der Waals surface area contributed by atoms with Crippen LogP contribution in [-0.4, -0.2) is 190 Å². The summed E-state index contributed by atoms with van der Waals surface area (Å²) in [6.07, 6.45) is 0. The molecule has 0 heterocycles. The summed E-state index contributed by atoms with van der Waals surface area (Å²) in [6, 6.07) is 11.3. The van der Waals surface area contributed by atoms with E-state index in [-0.39, 0.29) is 43.0 Å². The lowest BCUT2D eigenvalue weighted by Crippen LogP contribution is -2.22. The molecule has 2 rings (SSSR count). The Bertz CT molecular complexity index is 1670. The SMILES string of the molecule is CC(C)(C)C#Cc1ccccc1OCCOCCOCCOC(C)(C)C.COCCOCCOCCOc1cc(COC(C)=O)cc(OCCOCCOCCOC)c1OCCOCCOCCOC(C)(C)C. The van der Waals surface area contributed by atoms with Gasteiger partial charge in [0.05, 0.1) is 149 Å². The van der Waals surface area contributed by atoms with Crippen LogP contribution in [0.15, 0.2) is 36.4 Å². The smallest absolute Gasteiger partial charge is 0.302 e. The quantitative estimate of drug-likeness (QED) is 0.0365. The maximum Gasteiger partial charge on any atom is 0.302 e. The Balaban J connectivity index is 0.000000862. The average Bonchev–Trinajstić information content (AvgIpc) is 3.32. The second kappa shape index (κ2) is 42.4. The molecule has 0 unspecified atom stereocenters. The van der Waals surface area contributed by atoms with E-state index in [2.05, 4.69) is 32.6 Å². The van der Waals surface area contributed by atoms with E-state index in [1.165, 1.54) is 6.92 Å². The number of ether oxygens (including phenoxy) is 17. The number of benzene rings is 2. The first kappa shape index (κ1) is 67.2. The third kappa shape index (κ3) is 42.1. The van der Waals surface area contributed by atoms with Crippen LogP contribution in [0.5, 0.6) is 23.0 Å². The fraction of sp³-hybridized carbons (Fsp3) is 0.727. The Labute approximate surface area is 437 Å². The molecular formula is C55H92O18. The second-order valence-corrected chi connectivity index (χ2v) is 18.9. The molecule has 18 nitrogen and oxygen atoms in total. The molecule has 420 valence electrons. The van der Waals surface area contributed by atoms with Crippen LogP contribution < -0.4 is 18.9 Å². The number of carbonyl (C=O) groups excluding carboxylic acids is 1. The van der Waals surface area contributed by atoms with Crippen molar-refractivity contribution in [3.05, 3.63) is 47.5 Å². The number of rotatable bonds is 42. The van der Waals surface area contributed by atoms with Crippen LogP contribution in [-0.2, 0) is 73.0 Å². The summed E-state index contributed by atoms with van der Waals surface area (Å²) in [5.41, 5.74) is 1.23. The number of carbonyl (C=O) groups is 1. The lowest BCUT2D eigenvalue weighted by Gasteiger charge is -2.19. The van der Waals surface area contributed by atoms with Gasteiger partial charge in [0.1, 0.15) is 38.8 Å². The van der Waals surface area contributed by atoms with E-state index in [0.717, 1.165) is 11.3 Å². The third-order valence-electron chi connectivity index (χ3n) is 8.79. The number of esters is 1. The summed E-state index contributed by atoms with van der Waals surface area (Å²) < 4.78 is 94.7. The van der Waals surface area contributed by atoms with Crippen LogP contribution in [0.3, 0.4) is 0 Å².